The zero-order valence-corrected chi connectivity index (χ0v) is 14.7. The predicted octanol–water partition coefficient (Wildman–Crippen LogP) is 4.11. The van der Waals surface area contributed by atoms with Gasteiger partial charge in [-0.1, -0.05) is 30.1 Å². The summed E-state index contributed by atoms with van der Waals surface area (Å²) < 4.78 is 0. The fourth-order valence-electron chi connectivity index (χ4n) is 1.88. The van der Waals surface area contributed by atoms with Gasteiger partial charge < -0.3 is 11.1 Å². The van der Waals surface area contributed by atoms with Crippen LogP contribution < -0.4 is 11.1 Å². The van der Waals surface area contributed by atoms with E-state index in [2.05, 4.69) is 12.2 Å². The minimum atomic E-state index is -0.631. The Morgan fingerprint density at radius 1 is 1.38 bits per heavy atom. The van der Waals surface area contributed by atoms with Gasteiger partial charge in [-0.05, 0) is 56.7 Å². The third kappa shape index (κ3) is 6.07. The Morgan fingerprint density at radius 3 is 2.67 bits per heavy atom. The van der Waals surface area contributed by atoms with Crippen LogP contribution in [0.15, 0.2) is 23.1 Å². The van der Waals surface area contributed by atoms with Gasteiger partial charge in [0.15, 0.2) is 0 Å². The van der Waals surface area contributed by atoms with Crippen molar-refractivity contribution in [3.05, 3.63) is 28.2 Å². The fraction of sp³-hybridized carbons (Fsp3) is 0.533. The lowest BCUT2D eigenvalue weighted by molar-refractivity contribution is -0.124. The van der Waals surface area contributed by atoms with Crippen molar-refractivity contribution in [2.75, 3.05) is 12.3 Å². The molecular weight excluding hydrogens is 327 g/mol. The summed E-state index contributed by atoms with van der Waals surface area (Å²) in [4.78, 5) is 12.7. The van der Waals surface area contributed by atoms with Crippen LogP contribution in [0.3, 0.4) is 0 Å². The zero-order chi connectivity index (χ0) is 15.9. The Hall–Kier alpha value is -0.420. The summed E-state index contributed by atoms with van der Waals surface area (Å²) in [5.74, 6) is 0.602. The molecule has 1 atom stereocenters. The largest absolute Gasteiger partial charge is 0.368 e. The Kier molecular flexibility index (Phi) is 7.88. The first-order valence-corrected chi connectivity index (χ1v) is 8.76. The Bertz CT molecular complexity index is 485. The van der Waals surface area contributed by atoms with Gasteiger partial charge in [0.2, 0.25) is 5.91 Å². The first-order chi connectivity index (χ1) is 9.89. The van der Waals surface area contributed by atoms with Crippen molar-refractivity contribution in [3.8, 4) is 0 Å². The van der Waals surface area contributed by atoms with Crippen LogP contribution in [0.5, 0.6) is 0 Å². The van der Waals surface area contributed by atoms with Crippen LogP contribution in [-0.4, -0.2) is 23.7 Å². The van der Waals surface area contributed by atoms with Crippen LogP contribution in [0.4, 0.5) is 0 Å². The molecule has 3 nitrogen and oxygen atoms in total. The number of carbonyl (C=O) groups is 1. The van der Waals surface area contributed by atoms with Crippen LogP contribution >= 0.6 is 35.0 Å². The van der Waals surface area contributed by atoms with Gasteiger partial charge in [-0.2, -0.15) is 0 Å². The number of nitrogens with one attached hydrogen (secondary N) is 1. The number of hydrogen-bond acceptors (Lipinski definition) is 3. The maximum absolute atomic E-state index is 11.6. The Labute approximate surface area is 140 Å². The van der Waals surface area contributed by atoms with Crippen molar-refractivity contribution >= 4 is 40.9 Å². The molecule has 0 spiro atoms. The number of carbonyl (C=O) groups excluding carboxylic acids is 1. The van der Waals surface area contributed by atoms with E-state index in [4.69, 9.17) is 28.9 Å². The summed E-state index contributed by atoms with van der Waals surface area (Å²) >= 11 is 13.6. The molecule has 0 saturated heterocycles. The number of nitrogens with two attached hydrogens (primary N) is 1. The fourth-order valence-corrected chi connectivity index (χ4v) is 3.13. The molecule has 0 aliphatic rings. The maximum Gasteiger partial charge on any atom is 0.237 e. The molecule has 0 heterocycles. The van der Waals surface area contributed by atoms with Crippen LogP contribution in [-0.2, 0) is 4.79 Å². The van der Waals surface area contributed by atoms with Gasteiger partial charge in [0.05, 0.1) is 15.6 Å². The van der Waals surface area contributed by atoms with E-state index in [9.17, 15) is 4.79 Å². The summed E-state index contributed by atoms with van der Waals surface area (Å²) in [6, 6.07) is 5.60. The van der Waals surface area contributed by atoms with E-state index in [1.165, 1.54) is 0 Å². The molecule has 118 valence electrons. The molecule has 0 fully saturated rings. The molecule has 1 rings (SSSR count). The monoisotopic (exact) mass is 348 g/mol. The highest BCUT2D eigenvalue weighted by molar-refractivity contribution is 7.99. The van der Waals surface area contributed by atoms with Crippen LogP contribution in [0, 0.1) is 0 Å². The van der Waals surface area contributed by atoms with E-state index in [1.54, 1.807) is 17.8 Å². The number of hydrogen-bond donors (Lipinski definition) is 2. The highest BCUT2D eigenvalue weighted by Crippen LogP contribution is 2.28. The molecule has 0 aliphatic heterocycles. The van der Waals surface area contributed by atoms with Gasteiger partial charge in [0.1, 0.15) is 0 Å². The number of rotatable bonds is 9. The van der Waals surface area contributed by atoms with Gasteiger partial charge >= 0.3 is 0 Å². The topological polar surface area (TPSA) is 55.1 Å². The second-order valence-electron chi connectivity index (χ2n) is 5.15. The number of halogens is 2. The maximum atomic E-state index is 11.6. The van der Waals surface area contributed by atoms with Crippen LogP contribution in [0.25, 0.3) is 0 Å². The Balaban J connectivity index is 2.43. The summed E-state index contributed by atoms with van der Waals surface area (Å²) in [6.07, 6.45) is 2.58. The molecule has 1 aromatic carbocycles. The first kappa shape index (κ1) is 18.6. The number of amides is 1. The van der Waals surface area contributed by atoms with E-state index in [-0.39, 0.29) is 5.91 Å². The molecule has 0 radical (unpaired) electrons. The highest BCUT2D eigenvalue weighted by Gasteiger charge is 2.29. The molecule has 1 amide bonds. The van der Waals surface area contributed by atoms with E-state index >= 15 is 0 Å². The highest BCUT2D eigenvalue weighted by atomic mass is 35.5. The smallest absolute Gasteiger partial charge is 0.237 e. The molecule has 0 bridgehead atoms. The molecular formula is C15H22Cl2N2OS. The lowest BCUT2D eigenvalue weighted by atomic mass is 9.95. The van der Waals surface area contributed by atoms with E-state index in [0.29, 0.717) is 10.0 Å². The molecule has 0 aromatic heterocycles. The molecule has 1 aromatic rings. The average Bonchev–Trinajstić information content (AvgIpc) is 2.45. The van der Waals surface area contributed by atoms with Crippen molar-refractivity contribution in [3.63, 3.8) is 0 Å². The van der Waals surface area contributed by atoms with Gasteiger partial charge in [-0.15, -0.1) is 11.8 Å². The summed E-state index contributed by atoms with van der Waals surface area (Å²) in [7, 11) is 0. The van der Waals surface area contributed by atoms with Crippen molar-refractivity contribution in [1.29, 1.82) is 0 Å². The third-order valence-corrected chi connectivity index (χ3v) is 5.11. The summed E-state index contributed by atoms with van der Waals surface area (Å²) in [6.45, 7) is 4.72. The standard InChI is InChI=1S/C15H22Cl2N2OS/c1-3-8-19-15(2,14(18)20)7-4-9-21-11-5-6-12(16)13(17)10-11/h5-6,10,19H,3-4,7-9H2,1-2H3,(H2,18,20). The third-order valence-electron chi connectivity index (χ3n) is 3.29. The summed E-state index contributed by atoms with van der Waals surface area (Å²) in [5, 5.41) is 4.36. The number of benzene rings is 1. The lowest BCUT2D eigenvalue weighted by Crippen LogP contribution is -2.53. The SMILES string of the molecule is CCCNC(C)(CCCSc1ccc(Cl)c(Cl)c1)C(N)=O. The minimum absolute atomic E-state index is 0.296. The average molecular weight is 349 g/mol. The molecule has 21 heavy (non-hydrogen) atoms. The van der Waals surface area contributed by atoms with Crippen LogP contribution in [0.2, 0.25) is 10.0 Å². The van der Waals surface area contributed by atoms with Gasteiger partial charge in [-0.25, -0.2) is 0 Å². The normalized spacial score (nSPS) is 13.9. The van der Waals surface area contributed by atoms with E-state index < -0.39 is 5.54 Å². The van der Waals surface area contributed by atoms with Crippen molar-refractivity contribution in [2.24, 2.45) is 5.73 Å². The van der Waals surface area contributed by atoms with E-state index in [0.717, 1.165) is 36.5 Å². The second kappa shape index (κ2) is 8.89. The first-order valence-electron chi connectivity index (χ1n) is 7.02. The molecule has 6 heteroatoms. The Morgan fingerprint density at radius 2 is 2.10 bits per heavy atom. The molecule has 1 unspecified atom stereocenters. The number of primary amides is 1. The van der Waals surface area contributed by atoms with Crippen LogP contribution in [0.1, 0.15) is 33.1 Å². The lowest BCUT2D eigenvalue weighted by Gasteiger charge is -2.27. The zero-order valence-electron chi connectivity index (χ0n) is 12.4. The summed E-state index contributed by atoms with van der Waals surface area (Å²) in [5.41, 5.74) is 4.87. The minimum Gasteiger partial charge on any atom is -0.368 e. The molecule has 3 N–H and O–H groups in total. The number of thioether (sulfide) groups is 1. The van der Waals surface area contributed by atoms with Crippen molar-refractivity contribution in [1.82, 2.24) is 5.32 Å². The van der Waals surface area contributed by atoms with E-state index in [1.807, 2.05) is 19.1 Å². The van der Waals surface area contributed by atoms with Gasteiger partial charge in [-0.3, -0.25) is 4.79 Å². The second-order valence-corrected chi connectivity index (χ2v) is 7.13. The molecule has 0 aliphatic carbocycles. The quantitative estimate of drug-likeness (QED) is 0.521. The predicted molar refractivity (Wildman–Crippen MR) is 92.3 cm³/mol. The van der Waals surface area contributed by atoms with Gasteiger partial charge in [0.25, 0.3) is 0 Å². The van der Waals surface area contributed by atoms with Crippen molar-refractivity contribution < 1.29 is 4.79 Å². The molecule has 0 saturated carbocycles. The van der Waals surface area contributed by atoms with Crippen molar-refractivity contribution in [2.45, 2.75) is 43.5 Å². The van der Waals surface area contributed by atoms with Gasteiger partial charge in [0, 0.05) is 4.90 Å².